The minimum absolute atomic E-state index is 0.120. The molecule has 2 fully saturated rings. The van der Waals surface area contributed by atoms with Crippen molar-refractivity contribution in [2.75, 3.05) is 26.8 Å². The number of esters is 1. The topological polar surface area (TPSA) is 174 Å². The SMILES string of the molecule is COC(=O)C1=CO[C@@H](O[C@@H]2O[C@H](CO)[C@@H](O)[C@H](O)[C@H]2O)C2[C@H](O)CN3CCc4c([nH]c5ccccc45)[C@@H]3C[C@H]12. The highest BCUT2D eigenvalue weighted by atomic mass is 16.8. The largest absolute Gasteiger partial charge is 0.471 e. The summed E-state index contributed by atoms with van der Waals surface area (Å²) in [6.07, 6.45) is -7.06. The summed E-state index contributed by atoms with van der Waals surface area (Å²) in [5, 5.41) is 53.1. The summed E-state index contributed by atoms with van der Waals surface area (Å²) in [6, 6.07) is 7.99. The fraction of sp³-hybridized carbons (Fsp3) is 0.593. The van der Waals surface area contributed by atoms with Gasteiger partial charge in [0.05, 0.1) is 43.6 Å². The van der Waals surface area contributed by atoms with E-state index in [1.165, 1.54) is 18.9 Å². The molecule has 0 amide bonds. The number of nitrogens with one attached hydrogen (secondary N) is 1. The van der Waals surface area contributed by atoms with Crippen LogP contribution >= 0.6 is 0 Å². The smallest absolute Gasteiger partial charge is 0.337 e. The number of nitrogens with zero attached hydrogens (tertiary/aromatic N) is 1. The highest BCUT2D eigenvalue weighted by molar-refractivity contribution is 5.89. The van der Waals surface area contributed by atoms with Crippen molar-refractivity contribution in [2.24, 2.45) is 11.8 Å². The monoisotopic (exact) mass is 546 g/mol. The third-order valence-electron chi connectivity index (χ3n) is 8.66. The second-order valence-corrected chi connectivity index (χ2v) is 10.7. The van der Waals surface area contributed by atoms with E-state index in [0.717, 1.165) is 23.0 Å². The molecular formula is C27H34N2O10. The number of benzene rings is 1. The van der Waals surface area contributed by atoms with Gasteiger partial charge in [-0.05, 0) is 24.5 Å². The Hall–Kier alpha value is -2.55. The zero-order valence-electron chi connectivity index (χ0n) is 21.4. The fourth-order valence-electron chi connectivity index (χ4n) is 6.66. The fourth-order valence-corrected chi connectivity index (χ4v) is 6.66. The maximum absolute atomic E-state index is 12.8. The van der Waals surface area contributed by atoms with Crippen LogP contribution in [0.25, 0.3) is 10.9 Å². The van der Waals surface area contributed by atoms with Crippen LogP contribution in [0.5, 0.6) is 0 Å². The van der Waals surface area contributed by atoms with E-state index >= 15 is 0 Å². The summed E-state index contributed by atoms with van der Waals surface area (Å²) in [6.45, 7) is 0.389. The number of H-pyrrole nitrogens is 1. The molecule has 12 heteroatoms. The molecule has 5 heterocycles. The van der Waals surface area contributed by atoms with Gasteiger partial charge in [-0.3, -0.25) is 4.90 Å². The van der Waals surface area contributed by atoms with Crippen LogP contribution in [0.3, 0.4) is 0 Å². The molecule has 6 rings (SSSR count). The molecule has 0 spiro atoms. The molecule has 2 saturated heterocycles. The van der Waals surface area contributed by atoms with Crippen LogP contribution in [0.2, 0.25) is 0 Å². The predicted octanol–water partition coefficient (Wildman–Crippen LogP) is -0.706. The van der Waals surface area contributed by atoms with Crippen LogP contribution < -0.4 is 0 Å². The molecule has 12 nitrogen and oxygen atoms in total. The summed E-state index contributed by atoms with van der Waals surface area (Å²) in [4.78, 5) is 18.6. The van der Waals surface area contributed by atoms with E-state index in [-0.39, 0.29) is 18.2 Å². The molecular weight excluding hydrogens is 512 g/mol. The number of ether oxygens (including phenoxy) is 4. The van der Waals surface area contributed by atoms with Gasteiger partial charge >= 0.3 is 5.97 Å². The standard InChI is InChI=1S/C27H34N2O10/c1-36-25(35)15-11-37-26(39-27-24(34)23(33)22(32)19(10-30)38-27)20-14(15)8-17-21-13(6-7-29(17)9-18(20)31)12-4-2-3-5-16(12)28-21/h2-5,11,14,17-20,22-24,26-28,30-34H,6-10H2,1H3/t14-,17+,18-,19-,20?,22-,23+,24-,26+,27+/m1/s1. The Morgan fingerprint density at radius 2 is 1.92 bits per heavy atom. The first-order valence-electron chi connectivity index (χ1n) is 13.2. The van der Waals surface area contributed by atoms with E-state index in [4.69, 9.17) is 18.9 Å². The highest BCUT2D eigenvalue weighted by Crippen LogP contribution is 2.47. The molecule has 1 aromatic carbocycles. The van der Waals surface area contributed by atoms with E-state index in [0.29, 0.717) is 13.0 Å². The Bertz CT molecular complexity index is 1250. The average Bonchev–Trinajstić information content (AvgIpc) is 3.25. The molecule has 1 aromatic heterocycles. The Kier molecular flexibility index (Phi) is 7.14. The average molecular weight is 547 g/mol. The summed E-state index contributed by atoms with van der Waals surface area (Å²) in [7, 11) is 1.28. The van der Waals surface area contributed by atoms with Crippen molar-refractivity contribution in [3.05, 3.63) is 47.4 Å². The van der Waals surface area contributed by atoms with Gasteiger partial charge in [0.25, 0.3) is 0 Å². The molecule has 4 aliphatic rings. The van der Waals surface area contributed by atoms with Crippen molar-refractivity contribution in [2.45, 2.75) is 62.0 Å². The van der Waals surface area contributed by atoms with Gasteiger partial charge in [0.1, 0.15) is 24.4 Å². The number of aromatic amines is 1. The van der Waals surface area contributed by atoms with E-state index in [1.54, 1.807) is 0 Å². The maximum Gasteiger partial charge on any atom is 0.337 e. The third kappa shape index (κ3) is 4.45. The van der Waals surface area contributed by atoms with Gasteiger partial charge in [0, 0.05) is 35.6 Å². The van der Waals surface area contributed by atoms with E-state index in [9.17, 15) is 30.3 Å². The number of para-hydroxylation sites is 1. The van der Waals surface area contributed by atoms with Crippen molar-refractivity contribution >= 4 is 16.9 Å². The molecule has 0 saturated carbocycles. The number of aliphatic hydroxyl groups is 5. The molecule has 2 aromatic rings. The summed E-state index contributed by atoms with van der Waals surface area (Å²) in [5.41, 5.74) is 3.58. The van der Waals surface area contributed by atoms with E-state index in [1.807, 2.05) is 18.2 Å². The minimum Gasteiger partial charge on any atom is -0.471 e. The predicted molar refractivity (Wildman–Crippen MR) is 134 cm³/mol. The Morgan fingerprint density at radius 1 is 1.13 bits per heavy atom. The maximum atomic E-state index is 12.8. The summed E-state index contributed by atoms with van der Waals surface area (Å²) in [5.74, 6) is -1.87. The lowest BCUT2D eigenvalue weighted by Gasteiger charge is -2.44. The van der Waals surface area contributed by atoms with Crippen molar-refractivity contribution in [1.82, 2.24) is 9.88 Å². The first-order chi connectivity index (χ1) is 18.8. The summed E-state index contributed by atoms with van der Waals surface area (Å²) >= 11 is 0. The molecule has 39 heavy (non-hydrogen) atoms. The number of fused-ring (bicyclic) bond motifs is 6. The number of carbonyl (C=O) groups excluding carboxylic acids is 1. The van der Waals surface area contributed by atoms with Crippen LogP contribution in [-0.2, 0) is 30.2 Å². The molecule has 0 bridgehead atoms. The second kappa shape index (κ2) is 10.5. The molecule has 10 atom stereocenters. The number of aromatic nitrogens is 1. The van der Waals surface area contributed by atoms with Crippen molar-refractivity contribution < 1.29 is 49.3 Å². The van der Waals surface area contributed by atoms with E-state index < -0.39 is 67.5 Å². The van der Waals surface area contributed by atoms with E-state index in [2.05, 4.69) is 16.0 Å². The van der Waals surface area contributed by atoms with Gasteiger partial charge in [-0.15, -0.1) is 0 Å². The lowest BCUT2D eigenvalue weighted by Crippen LogP contribution is -2.60. The molecule has 0 aliphatic carbocycles. The first kappa shape index (κ1) is 26.7. The Morgan fingerprint density at radius 3 is 2.69 bits per heavy atom. The number of methoxy groups -OCH3 is 1. The zero-order valence-corrected chi connectivity index (χ0v) is 21.4. The number of rotatable bonds is 4. The number of hydrogen-bond donors (Lipinski definition) is 6. The van der Waals surface area contributed by atoms with Crippen LogP contribution in [0.4, 0.5) is 0 Å². The Labute approximate surface area is 224 Å². The molecule has 6 N–H and O–H groups in total. The molecule has 4 aliphatic heterocycles. The third-order valence-corrected chi connectivity index (χ3v) is 8.66. The van der Waals surface area contributed by atoms with Gasteiger partial charge in [-0.1, -0.05) is 18.2 Å². The lowest BCUT2D eigenvalue weighted by molar-refractivity contribution is -0.345. The van der Waals surface area contributed by atoms with Crippen molar-refractivity contribution in [1.29, 1.82) is 0 Å². The van der Waals surface area contributed by atoms with Gasteiger partial charge < -0.3 is 49.5 Å². The second-order valence-electron chi connectivity index (χ2n) is 10.7. The van der Waals surface area contributed by atoms with Crippen molar-refractivity contribution in [3.63, 3.8) is 0 Å². The Balaban J connectivity index is 1.34. The highest BCUT2D eigenvalue weighted by Gasteiger charge is 2.52. The minimum atomic E-state index is -1.64. The number of aliphatic hydroxyl groups excluding tert-OH is 5. The lowest BCUT2D eigenvalue weighted by atomic mass is 9.77. The van der Waals surface area contributed by atoms with Gasteiger partial charge in [-0.25, -0.2) is 4.79 Å². The molecule has 212 valence electrons. The summed E-state index contributed by atoms with van der Waals surface area (Å²) < 4.78 is 22.3. The zero-order chi connectivity index (χ0) is 27.4. The quantitative estimate of drug-likeness (QED) is 0.268. The van der Waals surface area contributed by atoms with Crippen molar-refractivity contribution in [3.8, 4) is 0 Å². The van der Waals surface area contributed by atoms with Crippen LogP contribution in [0.1, 0.15) is 23.7 Å². The number of carbonyl (C=O) groups is 1. The number of hydrogen-bond acceptors (Lipinski definition) is 11. The van der Waals surface area contributed by atoms with Crippen LogP contribution in [0.15, 0.2) is 36.1 Å². The van der Waals surface area contributed by atoms with Crippen LogP contribution in [-0.4, -0.2) is 111 Å². The van der Waals surface area contributed by atoms with Crippen LogP contribution in [0, 0.1) is 11.8 Å². The normalized spacial score (nSPS) is 38.6. The molecule has 0 radical (unpaired) electrons. The van der Waals surface area contributed by atoms with Gasteiger partial charge in [-0.2, -0.15) is 0 Å². The van der Waals surface area contributed by atoms with Gasteiger partial charge in [0.2, 0.25) is 6.29 Å². The molecule has 1 unspecified atom stereocenters. The first-order valence-corrected chi connectivity index (χ1v) is 13.2. The van der Waals surface area contributed by atoms with Gasteiger partial charge in [0.15, 0.2) is 6.29 Å².